The smallest absolute Gasteiger partial charge is 0.262 e. The van der Waals surface area contributed by atoms with Crippen LogP contribution in [0.25, 0.3) is 21.3 Å². The van der Waals surface area contributed by atoms with Crippen LogP contribution in [0.1, 0.15) is 12.0 Å². The molecule has 0 saturated carbocycles. The average molecular weight is 486 g/mol. The summed E-state index contributed by atoms with van der Waals surface area (Å²) in [6.07, 6.45) is 1.56. The van der Waals surface area contributed by atoms with Crippen LogP contribution < -0.4 is 10.9 Å². The molecule has 0 unspecified atom stereocenters. The Bertz CT molecular complexity index is 1300. The number of hydrogen-bond acceptors (Lipinski definition) is 4. The lowest BCUT2D eigenvalue weighted by molar-refractivity contribution is -0.116. The van der Waals surface area contributed by atoms with Crippen LogP contribution in [0.3, 0.4) is 0 Å². The van der Waals surface area contributed by atoms with Crippen LogP contribution in [0.15, 0.2) is 63.4 Å². The fourth-order valence-corrected chi connectivity index (χ4v) is 4.45. The molecule has 1 N–H and O–H groups in total. The van der Waals surface area contributed by atoms with Gasteiger partial charge in [0.2, 0.25) is 5.91 Å². The van der Waals surface area contributed by atoms with Gasteiger partial charge in [-0.05, 0) is 46.6 Å². The number of aryl methyl sites for hydroxylation is 2. The Morgan fingerprint density at radius 2 is 2.00 bits per heavy atom. The molecule has 4 aromatic rings. The molecule has 0 fully saturated rings. The van der Waals surface area contributed by atoms with Crippen molar-refractivity contribution < 1.29 is 9.18 Å². The predicted octanol–water partition coefficient (Wildman–Crippen LogP) is 5.36. The Morgan fingerprint density at radius 1 is 1.23 bits per heavy atom. The molecule has 2 aromatic carbocycles. The monoisotopic (exact) mass is 485 g/mol. The van der Waals surface area contributed by atoms with E-state index in [1.54, 1.807) is 0 Å². The zero-order chi connectivity index (χ0) is 21.3. The molecule has 0 radical (unpaired) electrons. The van der Waals surface area contributed by atoms with E-state index >= 15 is 0 Å². The van der Waals surface area contributed by atoms with E-state index in [1.807, 2.05) is 36.6 Å². The van der Waals surface area contributed by atoms with Crippen molar-refractivity contribution in [1.82, 2.24) is 9.55 Å². The first-order valence-corrected chi connectivity index (χ1v) is 10.9. The highest BCUT2D eigenvalue weighted by atomic mass is 79.9. The van der Waals surface area contributed by atoms with Crippen LogP contribution in [-0.4, -0.2) is 15.5 Å². The summed E-state index contributed by atoms with van der Waals surface area (Å²) in [6, 6.07) is 12.0. The first-order valence-electron chi connectivity index (χ1n) is 9.21. The van der Waals surface area contributed by atoms with Gasteiger partial charge in [-0.1, -0.05) is 29.8 Å². The average Bonchev–Trinajstić information content (AvgIpc) is 3.15. The number of rotatable bonds is 5. The van der Waals surface area contributed by atoms with Gasteiger partial charge in [0.15, 0.2) is 0 Å². The molecule has 8 heteroatoms. The van der Waals surface area contributed by atoms with Gasteiger partial charge in [0, 0.05) is 28.4 Å². The van der Waals surface area contributed by atoms with Crippen molar-refractivity contribution in [2.75, 3.05) is 5.32 Å². The molecular weight excluding hydrogens is 469 g/mol. The van der Waals surface area contributed by atoms with Gasteiger partial charge in [-0.15, -0.1) is 11.3 Å². The van der Waals surface area contributed by atoms with Crippen LogP contribution in [0.5, 0.6) is 0 Å². The lowest BCUT2D eigenvalue weighted by atomic mass is 10.1. The summed E-state index contributed by atoms with van der Waals surface area (Å²) in [4.78, 5) is 30.4. The van der Waals surface area contributed by atoms with Gasteiger partial charge in [0.05, 0.1) is 17.4 Å². The van der Waals surface area contributed by atoms with E-state index in [9.17, 15) is 14.0 Å². The second-order valence-electron chi connectivity index (χ2n) is 6.86. The van der Waals surface area contributed by atoms with E-state index in [2.05, 4.69) is 26.2 Å². The normalized spacial score (nSPS) is 11.0. The Balaban J connectivity index is 1.55. The summed E-state index contributed by atoms with van der Waals surface area (Å²) >= 11 is 4.65. The molecule has 0 atom stereocenters. The Labute approximate surface area is 184 Å². The molecule has 2 heterocycles. The molecular formula is C22H17BrFN3O2S. The number of carbonyl (C=O) groups excluding carboxylic acids is 1. The molecule has 0 spiro atoms. The van der Waals surface area contributed by atoms with Gasteiger partial charge in [-0.25, -0.2) is 9.37 Å². The molecule has 0 bridgehead atoms. The van der Waals surface area contributed by atoms with Gasteiger partial charge in [0.25, 0.3) is 5.56 Å². The fraction of sp³-hybridized carbons (Fsp3) is 0.136. The van der Waals surface area contributed by atoms with Crippen molar-refractivity contribution in [3.05, 3.63) is 80.4 Å². The lowest BCUT2D eigenvalue weighted by Crippen LogP contribution is -2.23. The number of hydrogen-bond donors (Lipinski definition) is 1. The minimum atomic E-state index is -0.397. The number of carbonyl (C=O) groups is 1. The van der Waals surface area contributed by atoms with Gasteiger partial charge in [-0.2, -0.15) is 0 Å². The Kier molecular flexibility index (Phi) is 5.78. The van der Waals surface area contributed by atoms with Crippen molar-refractivity contribution in [2.45, 2.75) is 19.9 Å². The number of amides is 1. The van der Waals surface area contributed by atoms with Gasteiger partial charge in [0.1, 0.15) is 10.6 Å². The standard InChI is InChI=1S/C22H17BrFN3O2S/c1-13-2-4-14(5-3-13)16-11-30-21-20(16)22(29)27(12-25-21)9-8-19(28)26-18-7-6-15(24)10-17(18)23/h2-7,10-12H,8-9H2,1H3,(H,26,28). The van der Waals surface area contributed by atoms with E-state index < -0.39 is 5.82 Å². The molecule has 2 aromatic heterocycles. The maximum absolute atomic E-state index is 13.2. The topological polar surface area (TPSA) is 64.0 Å². The summed E-state index contributed by atoms with van der Waals surface area (Å²) in [5, 5.41) is 5.22. The molecule has 1 amide bonds. The quantitative estimate of drug-likeness (QED) is 0.413. The Morgan fingerprint density at radius 3 is 2.73 bits per heavy atom. The number of aromatic nitrogens is 2. The fourth-order valence-electron chi connectivity index (χ4n) is 3.10. The first-order chi connectivity index (χ1) is 14.4. The number of benzene rings is 2. The number of nitrogens with one attached hydrogen (secondary N) is 1. The van der Waals surface area contributed by atoms with Crippen LogP contribution >= 0.6 is 27.3 Å². The molecule has 5 nitrogen and oxygen atoms in total. The minimum Gasteiger partial charge on any atom is -0.325 e. The third kappa shape index (κ3) is 4.20. The summed E-state index contributed by atoms with van der Waals surface area (Å²) < 4.78 is 15.1. The van der Waals surface area contributed by atoms with Gasteiger partial charge in [-0.3, -0.25) is 14.2 Å². The molecule has 30 heavy (non-hydrogen) atoms. The molecule has 152 valence electrons. The molecule has 0 aliphatic heterocycles. The maximum atomic E-state index is 13.2. The third-order valence-corrected chi connectivity index (χ3v) is 6.25. The van der Waals surface area contributed by atoms with Crippen LogP contribution in [0, 0.1) is 12.7 Å². The number of anilines is 1. The number of thiophene rings is 1. The van der Waals surface area contributed by atoms with E-state index in [1.165, 1.54) is 40.4 Å². The summed E-state index contributed by atoms with van der Waals surface area (Å²) in [5.74, 6) is -0.677. The molecule has 0 aliphatic rings. The van der Waals surface area contributed by atoms with E-state index in [-0.39, 0.29) is 24.4 Å². The van der Waals surface area contributed by atoms with Crippen LogP contribution in [0.4, 0.5) is 10.1 Å². The molecule has 4 rings (SSSR count). The SMILES string of the molecule is Cc1ccc(-c2csc3ncn(CCC(=O)Nc4ccc(F)cc4Br)c(=O)c23)cc1. The second-order valence-corrected chi connectivity index (χ2v) is 8.57. The van der Waals surface area contributed by atoms with E-state index in [4.69, 9.17) is 0 Å². The largest absolute Gasteiger partial charge is 0.325 e. The van der Waals surface area contributed by atoms with E-state index in [0.29, 0.717) is 20.4 Å². The molecule has 0 aliphatic carbocycles. The summed E-state index contributed by atoms with van der Waals surface area (Å²) in [6.45, 7) is 2.20. The van der Waals surface area contributed by atoms with Gasteiger partial charge < -0.3 is 5.32 Å². The third-order valence-electron chi connectivity index (χ3n) is 4.71. The molecule has 0 saturated heterocycles. The minimum absolute atomic E-state index is 0.0842. The second kappa shape index (κ2) is 8.49. The van der Waals surface area contributed by atoms with Crippen molar-refractivity contribution in [3.8, 4) is 11.1 Å². The highest BCUT2D eigenvalue weighted by Gasteiger charge is 2.14. The summed E-state index contributed by atoms with van der Waals surface area (Å²) in [7, 11) is 0. The lowest BCUT2D eigenvalue weighted by Gasteiger charge is -2.09. The number of halogens is 2. The van der Waals surface area contributed by atoms with Crippen molar-refractivity contribution >= 4 is 49.1 Å². The van der Waals surface area contributed by atoms with Crippen molar-refractivity contribution in [1.29, 1.82) is 0 Å². The predicted molar refractivity (Wildman–Crippen MR) is 121 cm³/mol. The Hall–Kier alpha value is -2.84. The highest BCUT2D eigenvalue weighted by molar-refractivity contribution is 9.10. The van der Waals surface area contributed by atoms with Crippen LogP contribution in [-0.2, 0) is 11.3 Å². The van der Waals surface area contributed by atoms with Crippen LogP contribution in [0.2, 0.25) is 0 Å². The zero-order valence-electron chi connectivity index (χ0n) is 16.0. The number of fused-ring (bicyclic) bond motifs is 1. The number of nitrogens with zero attached hydrogens (tertiary/aromatic N) is 2. The van der Waals surface area contributed by atoms with Crippen molar-refractivity contribution in [3.63, 3.8) is 0 Å². The van der Waals surface area contributed by atoms with Gasteiger partial charge >= 0.3 is 0 Å². The van der Waals surface area contributed by atoms with E-state index in [0.717, 1.165) is 16.7 Å². The summed E-state index contributed by atoms with van der Waals surface area (Å²) in [5.41, 5.74) is 3.26. The van der Waals surface area contributed by atoms with Crippen molar-refractivity contribution in [2.24, 2.45) is 0 Å². The maximum Gasteiger partial charge on any atom is 0.262 e. The first kappa shape index (κ1) is 20.4. The highest BCUT2D eigenvalue weighted by Crippen LogP contribution is 2.30. The zero-order valence-corrected chi connectivity index (χ0v) is 18.4.